The van der Waals surface area contributed by atoms with Crippen LogP contribution in [-0.2, 0) is 6.42 Å². The maximum Gasteiger partial charge on any atom is 0.0517 e. The molecule has 0 saturated carbocycles. The fourth-order valence-corrected chi connectivity index (χ4v) is 3.27. The van der Waals surface area contributed by atoms with E-state index in [2.05, 4.69) is 24.9 Å². The number of aliphatic hydroxyl groups excluding tert-OH is 1. The molecule has 1 aromatic rings. The second kappa shape index (κ2) is 4.77. The number of pyridine rings is 1. The van der Waals surface area contributed by atoms with E-state index in [9.17, 15) is 5.11 Å². The van der Waals surface area contributed by atoms with Crippen LogP contribution >= 0.6 is 0 Å². The fourth-order valence-electron chi connectivity index (χ4n) is 3.27. The Balaban J connectivity index is 2.29. The molecule has 1 aromatic heterocycles. The van der Waals surface area contributed by atoms with E-state index >= 15 is 0 Å². The zero-order valence-electron chi connectivity index (χ0n) is 11.1. The molecule has 1 heterocycles. The standard InChI is InChI=1S/C15H23NO/c1-11(17)10-15(2,3)13-8-4-6-12-7-5-9-16-14(12)13/h5,7,9,11,13,17H,4,6,8,10H2,1-3H3. The van der Waals surface area contributed by atoms with Gasteiger partial charge in [-0.2, -0.15) is 0 Å². The van der Waals surface area contributed by atoms with Crippen molar-refractivity contribution in [2.75, 3.05) is 0 Å². The van der Waals surface area contributed by atoms with Gasteiger partial charge in [0.1, 0.15) is 0 Å². The van der Waals surface area contributed by atoms with E-state index in [-0.39, 0.29) is 11.5 Å². The van der Waals surface area contributed by atoms with Crippen molar-refractivity contribution in [2.24, 2.45) is 5.41 Å². The lowest BCUT2D eigenvalue weighted by Gasteiger charge is -2.38. The molecule has 2 nitrogen and oxygen atoms in total. The fraction of sp³-hybridized carbons (Fsp3) is 0.667. The van der Waals surface area contributed by atoms with Gasteiger partial charge < -0.3 is 5.11 Å². The predicted octanol–water partition coefficient (Wildman–Crippen LogP) is 3.30. The molecule has 1 aliphatic rings. The van der Waals surface area contributed by atoms with Gasteiger partial charge in [-0.15, -0.1) is 0 Å². The van der Waals surface area contributed by atoms with Crippen LogP contribution in [0, 0.1) is 5.41 Å². The third kappa shape index (κ3) is 2.68. The molecule has 2 heteroatoms. The molecule has 2 unspecified atom stereocenters. The van der Waals surface area contributed by atoms with E-state index in [4.69, 9.17) is 0 Å². The molecule has 0 aromatic carbocycles. The summed E-state index contributed by atoms with van der Waals surface area (Å²) in [5, 5.41) is 9.65. The average molecular weight is 233 g/mol. The molecule has 0 aliphatic heterocycles. The smallest absolute Gasteiger partial charge is 0.0517 e. The van der Waals surface area contributed by atoms with Crippen LogP contribution in [0.4, 0.5) is 0 Å². The van der Waals surface area contributed by atoms with Gasteiger partial charge in [0, 0.05) is 17.8 Å². The Morgan fingerprint density at radius 1 is 1.53 bits per heavy atom. The first kappa shape index (κ1) is 12.6. The van der Waals surface area contributed by atoms with Crippen molar-refractivity contribution >= 4 is 0 Å². The summed E-state index contributed by atoms with van der Waals surface area (Å²) < 4.78 is 0. The number of aryl methyl sites for hydroxylation is 1. The van der Waals surface area contributed by atoms with Gasteiger partial charge in [0.15, 0.2) is 0 Å². The Bertz CT molecular complexity index is 384. The summed E-state index contributed by atoms with van der Waals surface area (Å²) in [6.45, 7) is 6.40. The minimum atomic E-state index is -0.237. The van der Waals surface area contributed by atoms with E-state index in [1.165, 1.54) is 24.1 Å². The first-order chi connectivity index (χ1) is 8.00. The summed E-state index contributed by atoms with van der Waals surface area (Å²) >= 11 is 0. The topological polar surface area (TPSA) is 33.1 Å². The molecule has 94 valence electrons. The molecule has 0 saturated heterocycles. The first-order valence-corrected chi connectivity index (χ1v) is 6.62. The molecule has 0 fully saturated rings. The largest absolute Gasteiger partial charge is 0.393 e. The molecule has 0 amide bonds. The number of nitrogens with zero attached hydrogens (tertiary/aromatic N) is 1. The van der Waals surface area contributed by atoms with E-state index in [0.717, 1.165) is 12.8 Å². The van der Waals surface area contributed by atoms with Gasteiger partial charge in [0.05, 0.1) is 6.10 Å². The Kier molecular flexibility index (Phi) is 3.53. The summed E-state index contributed by atoms with van der Waals surface area (Å²) in [5.74, 6) is 0.488. The van der Waals surface area contributed by atoms with E-state index in [1.807, 2.05) is 19.2 Å². The lowest BCUT2D eigenvalue weighted by molar-refractivity contribution is 0.107. The maximum absolute atomic E-state index is 9.65. The third-order valence-corrected chi connectivity index (χ3v) is 3.96. The average Bonchev–Trinajstić information content (AvgIpc) is 2.26. The minimum Gasteiger partial charge on any atom is -0.393 e. The summed E-state index contributed by atoms with van der Waals surface area (Å²) in [5.41, 5.74) is 2.80. The van der Waals surface area contributed by atoms with Crippen molar-refractivity contribution in [3.63, 3.8) is 0 Å². The number of aliphatic hydroxyl groups is 1. The van der Waals surface area contributed by atoms with Crippen molar-refractivity contribution in [3.05, 3.63) is 29.6 Å². The number of fused-ring (bicyclic) bond motifs is 1. The SMILES string of the molecule is CC(O)CC(C)(C)C1CCCc2cccnc21. The van der Waals surface area contributed by atoms with Gasteiger partial charge in [-0.25, -0.2) is 0 Å². The van der Waals surface area contributed by atoms with Gasteiger partial charge >= 0.3 is 0 Å². The zero-order chi connectivity index (χ0) is 12.5. The normalized spacial score (nSPS) is 22.0. The second-order valence-corrected chi connectivity index (χ2v) is 6.03. The van der Waals surface area contributed by atoms with Crippen molar-refractivity contribution in [1.82, 2.24) is 4.98 Å². The van der Waals surface area contributed by atoms with Gasteiger partial charge in [0.25, 0.3) is 0 Å². The number of aromatic nitrogens is 1. The lowest BCUT2D eigenvalue weighted by Crippen LogP contribution is -2.29. The van der Waals surface area contributed by atoms with Gasteiger partial charge in [-0.1, -0.05) is 19.9 Å². The molecular weight excluding hydrogens is 210 g/mol. The molecule has 2 rings (SSSR count). The second-order valence-electron chi connectivity index (χ2n) is 6.03. The van der Waals surface area contributed by atoms with Crippen LogP contribution in [0.15, 0.2) is 18.3 Å². The van der Waals surface area contributed by atoms with Crippen LogP contribution in [0.3, 0.4) is 0 Å². The Labute approximate surface area is 104 Å². The highest BCUT2D eigenvalue weighted by atomic mass is 16.3. The van der Waals surface area contributed by atoms with Crippen molar-refractivity contribution < 1.29 is 5.11 Å². The third-order valence-electron chi connectivity index (χ3n) is 3.96. The first-order valence-electron chi connectivity index (χ1n) is 6.62. The number of hydrogen-bond acceptors (Lipinski definition) is 2. The maximum atomic E-state index is 9.65. The monoisotopic (exact) mass is 233 g/mol. The number of rotatable bonds is 3. The summed E-state index contributed by atoms with van der Waals surface area (Å²) in [6.07, 6.45) is 6.10. The Morgan fingerprint density at radius 2 is 2.29 bits per heavy atom. The quantitative estimate of drug-likeness (QED) is 0.869. The van der Waals surface area contributed by atoms with E-state index < -0.39 is 0 Å². The summed E-state index contributed by atoms with van der Waals surface area (Å²) in [4.78, 5) is 4.59. The zero-order valence-corrected chi connectivity index (χ0v) is 11.1. The highest BCUT2D eigenvalue weighted by Crippen LogP contribution is 2.45. The molecular formula is C15H23NO. The molecule has 0 radical (unpaired) electrons. The van der Waals surface area contributed by atoms with Gasteiger partial charge in [-0.3, -0.25) is 4.98 Å². The van der Waals surface area contributed by atoms with E-state index in [1.54, 1.807) is 0 Å². The molecule has 1 N–H and O–H groups in total. The van der Waals surface area contributed by atoms with Crippen LogP contribution < -0.4 is 0 Å². The minimum absolute atomic E-state index is 0.123. The molecule has 0 bridgehead atoms. The van der Waals surface area contributed by atoms with Crippen molar-refractivity contribution in [2.45, 2.75) is 58.5 Å². The number of hydrogen-bond donors (Lipinski definition) is 1. The Hall–Kier alpha value is -0.890. The molecule has 1 aliphatic carbocycles. The van der Waals surface area contributed by atoms with Crippen LogP contribution in [0.1, 0.15) is 57.2 Å². The molecule has 2 atom stereocenters. The highest BCUT2D eigenvalue weighted by molar-refractivity contribution is 5.27. The van der Waals surface area contributed by atoms with Gasteiger partial charge in [-0.05, 0) is 49.7 Å². The van der Waals surface area contributed by atoms with Gasteiger partial charge in [0.2, 0.25) is 0 Å². The van der Waals surface area contributed by atoms with Crippen molar-refractivity contribution in [3.8, 4) is 0 Å². The molecule has 17 heavy (non-hydrogen) atoms. The van der Waals surface area contributed by atoms with Crippen LogP contribution in [0.2, 0.25) is 0 Å². The predicted molar refractivity (Wildman–Crippen MR) is 70.0 cm³/mol. The van der Waals surface area contributed by atoms with Crippen LogP contribution in [0.5, 0.6) is 0 Å². The summed E-state index contributed by atoms with van der Waals surface area (Å²) in [7, 11) is 0. The van der Waals surface area contributed by atoms with Crippen LogP contribution in [-0.4, -0.2) is 16.2 Å². The Morgan fingerprint density at radius 3 is 3.00 bits per heavy atom. The van der Waals surface area contributed by atoms with Crippen LogP contribution in [0.25, 0.3) is 0 Å². The van der Waals surface area contributed by atoms with E-state index in [0.29, 0.717) is 5.92 Å². The summed E-state index contributed by atoms with van der Waals surface area (Å²) in [6, 6.07) is 4.23. The van der Waals surface area contributed by atoms with Crippen molar-refractivity contribution in [1.29, 1.82) is 0 Å². The molecule has 0 spiro atoms. The highest BCUT2D eigenvalue weighted by Gasteiger charge is 2.35. The lowest BCUT2D eigenvalue weighted by atomic mass is 9.68.